The second-order valence-corrected chi connectivity index (χ2v) is 8.03. The number of phenolic OH excluding ortho intramolecular Hbond substituents is 1. The number of benzene rings is 1. The number of phenols is 1. The van der Waals surface area contributed by atoms with Crippen LogP contribution in [0.5, 0.6) is 11.5 Å². The molecule has 0 spiro atoms. The van der Waals surface area contributed by atoms with Gasteiger partial charge in [0, 0.05) is 45.9 Å². The van der Waals surface area contributed by atoms with Crippen LogP contribution in [0.1, 0.15) is 34.8 Å². The van der Waals surface area contributed by atoms with Gasteiger partial charge >= 0.3 is 0 Å². The molecule has 3 heterocycles. The predicted molar refractivity (Wildman–Crippen MR) is 113 cm³/mol. The minimum absolute atomic E-state index is 0.105. The van der Waals surface area contributed by atoms with Gasteiger partial charge in [-0.15, -0.1) is 0 Å². The van der Waals surface area contributed by atoms with Crippen LogP contribution in [0.25, 0.3) is 0 Å². The minimum atomic E-state index is -0.224. The maximum atomic E-state index is 12.3. The number of methoxy groups -OCH3 is 1. The van der Waals surface area contributed by atoms with Crippen molar-refractivity contribution in [1.29, 1.82) is 0 Å². The molecule has 2 N–H and O–H groups in total. The predicted octanol–water partition coefficient (Wildman–Crippen LogP) is 1.62. The Labute approximate surface area is 181 Å². The summed E-state index contributed by atoms with van der Waals surface area (Å²) in [5.74, 6) is 0.978. The summed E-state index contributed by atoms with van der Waals surface area (Å²) in [5.41, 5.74) is 1.36. The van der Waals surface area contributed by atoms with E-state index in [9.17, 15) is 9.90 Å². The van der Waals surface area contributed by atoms with E-state index in [1.54, 1.807) is 19.2 Å². The average Bonchev–Trinajstić information content (AvgIpc) is 3.46. The summed E-state index contributed by atoms with van der Waals surface area (Å²) in [4.78, 5) is 21.2. The second-order valence-electron chi connectivity index (χ2n) is 8.03. The van der Waals surface area contributed by atoms with Gasteiger partial charge in [-0.05, 0) is 30.5 Å². The smallest absolute Gasteiger partial charge is 0.273 e. The molecule has 1 unspecified atom stereocenters. The molecular formula is C22H30N4O5. The number of hydrogen-bond donors (Lipinski definition) is 2. The maximum absolute atomic E-state index is 12.3. The van der Waals surface area contributed by atoms with E-state index >= 15 is 0 Å². The number of hydrogen-bond acceptors (Lipinski definition) is 8. The Balaban J connectivity index is 1.21. The van der Waals surface area contributed by atoms with E-state index in [-0.39, 0.29) is 17.8 Å². The van der Waals surface area contributed by atoms with E-state index in [4.69, 9.17) is 13.9 Å². The van der Waals surface area contributed by atoms with Crippen molar-refractivity contribution in [3.05, 3.63) is 41.6 Å². The van der Waals surface area contributed by atoms with Gasteiger partial charge in [0.1, 0.15) is 6.26 Å². The lowest BCUT2D eigenvalue weighted by Crippen LogP contribution is -2.45. The molecule has 9 nitrogen and oxygen atoms in total. The number of nitrogens with one attached hydrogen (secondary N) is 1. The highest BCUT2D eigenvalue weighted by Crippen LogP contribution is 2.27. The average molecular weight is 431 g/mol. The van der Waals surface area contributed by atoms with Gasteiger partial charge in [0.15, 0.2) is 17.2 Å². The summed E-state index contributed by atoms with van der Waals surface area (Å²) < 4.78 is 16.1. The Kier molecular flexibility index (Phi) is 7.06. The Morgan fingerprint density at radius 3 is 2.71 bits per heavy atom. The lowest BCUT2D eigenvalue weighted by atomic mass is 10.1. The Hall–Kier alpha value is -2.62. The fraction of sp³-hybridized carbons (Fsp3) is 0.545. The van der Waals surface area contributed by atoms with Crippen molar-refractivity contribution < 1.29 is 23.8 Å². The number of nitrogens with zero attached hydrogens (tertiary/aromatic N) is 3. The first-order valence-electron chi connectivity index (χ1n) is 10.8. The molecule has 2 aromatic rings. The third-order valence-electron chi connectivity index (χ3n) is 5.77. The van der Waals surface area contributed by atoms with Crippen molar-refractivity contribution >= 4 is 5.91 Å². The molecule has 2 saturated heterocycles. The molecular weight excluding hydrogens is 400 g/mol. The highest BCUT2D eigenvalue weighted by molar-refractivity contribution is 5.91. The molecule has 2 aliphatic rings. The van der Waals surface area contributed by atoms with Crippen LogP contribution >= 0.6 is 0 Å². The van der Waals surface area contributed by atoms with Gasteiger partial charge in [0.25, 0.3) is 5.91 Å². The number of rotatable bonds is 8. The number of ether oxygens (including phenoxy) is 2. The molecule has 0 saturated carbocycles. The molecule has 31 heavy (non-hydrogen) atoms. The van der Waals surface area contributed by atoms with Gasteiger partial charge in [0.2, 0.25) is 5.89 Å². The Bertz CT molecular complexity index is 873. The van der Waals surface area contributed by atoms with Crippen molar-refractivity contribution in [2.45, 2.75) is 32.0 Å². The van der Waals surface area contributed by atoms with E-state index in [0.717, 1.165) is 57.7 Å². The van der Waals surface area contributed by atoms with Gasteiger partial charge in [-0.25, -0.2) is 4.98 Å². The summed E-state index contributed by atoms with van der Waals surface area (Å²) in [6, 6.07) is 5.52. The van der Waals surface area contributed by atoms with Crippen LogP contribution in [0.4, 0.5) is 0 Å². The molecule has 0 bridgehead atoms. The SMILES string of the molecule is COc1ccc(CN2CCN(Cc3nc(C(=O)NCC4CCCO4)co3)CC2)cc1O. The molecule has 0 radical (unpaired) electrons. The quantitative estimate of drug-likeness (QED) is 0.652. The normalized spacial score (nSPS) is 20.1. The fourth-order valence-electron chi connectivity index (χ4n) is 3.98. The van der Waals surface area contributed by atoms with Crippen LogP contribution in [0.3, 0.4) is 0 Å². The topological polar surface area (TPSA) is 100 Å². The molecule has 2 fully saturated rings. The molecule has 4 rings (SSSR count). The summed E-state index contributed by atoms with van der Waals surface area (Å²) in [5, 5.41) is 12.8. The molecule has 9 heteroatoms. The van der Waals surface area contributed by atoms with Crippen LogP contribution in [0.2, 0.25) is 0 Å². The molecule has 0 aliphatic carbocycles. The number of oxazole rings is 1. The Morgan fingerprint density at radius 1 is 1.26 bits per heavy atom. The number of amides is 1. The molecule has 1 aromatic carbocycles. The minimum Gasteiger partial charge on any atom is -0.504 e. The lowest BCUT2D eigenvalue weighted by molar-refractivity contribution is 0.0853. The zero-order valence-electron chi connectivity index (χ0n) is 17.9. The molecule has 1 atom stereocenters. The van der Waals surface area contributed by atoms with Crippen molar-refractivity contribution in [3.8, 4) is 11.5 Å². The van der Waals surface area contributed by atoms with Crippen molar-refractivity contribution in [2.24, 2.45) is 0 Å². The van der Waals surface area contributed by atoms with Crippen molar-refractivity contribution in [3.63, 3.8) is 0 Å². The molecule has 1 aromatic heterocycles. The number of aromatic nitrogens is 1. The van der Waals surface area contributed by atoms with Crippen LogP contribution in [-0.2, 0) is 17.8 Å². The summed E-state index contributed by atoms with van der Waals surface area (Å²) in [6.45, 7) is 6.20. The van der Waals surface area contributed by atoms with Crippen LogP contribution in [0, 0.1) is 0 Å². The Morgan fingerprint density at radius 2 is 2.03 bits per heavy atom. The molecule has 168 valence electrons. The van der Waals surface area contributed by atoms with E-state index in [2.05, 4.69) is 20.1 Å². The first kappa shape index (κ1) is 21.6. The summed E-state index contributed by atoms with van der Waals surface area (Å²) in [6.07, 6.45) is 3.56. The first-order valence-corrected chi connectivity index (χ1v) is 10.8. The van der Waals surface area contributed by atoms with Gasteiger partial charge in [-0.1, -0.05) is 6.07 Å². The fourth-order valence-corrected chi connectivity index (χ4v) is 3.98. The third-order valence-corrected chi connectivity index (χ3v) is 5.77. The van der Waals surface area contributed by atoms with E-state index in [0.29, 0.717) is 30.4 Å². The summed E-state index contributed by atoms with van der Waals surface area (Å²) >= 11 is 0. The number of piperazine rings is 1. The van der Waals surface area contributed by atoms with Gasteiger partial charge in [-0.3, -0.25) is 14.6 Å². The number of aromatic hydroxyl groups is 1. The maximum Gasteiger partial charge on any atom is 0.273 e. The standard InChI is InChI=1S/C22H30N4O5/c1-29-20-5-4-16(11-19(20)27)13-25-6-8-26(9-7-25)14-21-24-18(15-31-21)22(28)23-12-17-3-2-10-30-17/h4-5,11,15,17,27H,2-3,6-10,12-14H2,1H3,(H,23,28). The number of carbonyl (C=O) groups excluding carboxylic acids is 1. The summed E-state index contributed by atoms with van der Waals surface area (Å²) in [7, 11) is 1.54. The van der Waals surface area contributed by atoms with Crippen LogP contribution in [0.15, 0.2) is 28.9 Å². The van der Waals surface area contributed by atoms with E-state index < -0.39 is 0 Å². The highest BCUT2D eigenvalue weighted by Gasteiger charge is 2.21. The second kappa shape index (κ2) is 10.1. The van der Waals surface area contributed by atoms with E-state index in [1.165, 1.54) is 6.26 Å². The van der Waals surface area contributed by atoms with Gasteiger partial charge in [0.05, 0.1) is 19.8 Å². The first-order chi connectivity index (χ1) is 15.1. The molecule has 1 amide bonds. The van der Waals surface area contributed by atoms with Crippen molar-refractivity contribution in [1.82, 2.24) is 20.1 Å². The third kappa shape index (κ3) is 5.75. The lowest BCUT2D eigenvalue weighted by Gasteiger charge is -2.34. The number of carbonyl (C=O) groups is 1. The van der Waals surface area contributed by atoms with Crippen molar-refractivity contribution in [2.75, 3.05) is 46.4 Å². The van der Waals surface area contributed by atoms with E-state index in [1.807, 2.05) is 6.07 Å². The monoisotopic (exact) mass is 430 g/mol. The zero-order chi connectivity index (χ0) is 21.6. The van der Waals surface area contributed by atoms with Crippen LogP contribution < -0.4 is 10.1 Å². The zero-order valence-corrected chi connectivity index (χ0v) is 17.9. The van der Waals surface area contributed by atoms with Gasteiger partial charge in [-0.2, -0.15) is 0 Å². The van der Waals surface area contributed by atoms with Gasteiger partial charge < -0.3 is 24.3 Å². The van der Waals surface area contributed by atoms with Crippen LogP contribution in [-0.4, -0.2) is 78.3 Å². The largest absolute Gasteiger partial charge is 0.504 e. The highest BCUT2D eigenvalue weighted by atomic mass is 16.5. The molecule has 2 aliphatic heterocycles.